The van der Waals surface area contributed by atoms with Gasteiger partial charge in [0, 0.05) is 0 Å². The van der Waals surface area contributed by atoms with Gasteiger partial charge >= 0.3 is 5.97 Å². The second kappa shape index (κ2) is 5.02. The molecule has 0 amide bonds. The SMILES string of the molecule is COC(=O)CC(=O)c1cccc(Br)c1F. The zero-order valence-electron chi connectivity index (χ0n) is 7.92. The molecular weight excluding hydrogens is 267 g/mol. The van der Waals surface area contributed by atoms with Gasteiger partial charge < -0.3 is 4.74 Å². The summed E-state index contributed by atoms with van der Waals surface area (Å²) >= 11 is 2.95. The van der Waals surface area contributed by atoms with E-state index in [4.69, 9.17) is 0 Å². The maximum absolute atomic E-state index is 13.4. The number of Topliss-reactive ketones (excluding diaryl/α,β-unsaturated/α-hetero) is 1. The van der Waals surface area contributed by atoms with Gasteiger partial charge in [-0.1, -0.05) is 6.07 Å². The average molecular weight is 275 g/mol. The Balaban J connectivity index is 2.92. The molecule has 0 aliphatic heterocycles. The molecule has 1 aromatic rings. The lowest BCUT2D eigenvalue weighted by molar-refractivity contribution is -0.139. The normalized spacial score (nSPS) is 9.80. The summed E-state index contributed by atoms with van der Waals surface area (Å²) < 4.78 is 17.9. The second-order valence-electron chi connectivity index (χ2n) is 2.78. The van der Waals surface area contributed by atoms with Crippen LogP contribution in [0.15, 0.2) is 22.7 Å². The van der Waals surface area contributed by atoms with Gasteiger partial charge in [0.25, 0.3) is 0 Å². The highest BCUT2D eigenvalue weighted by atomic mass is 79.9. The van der Waals surface area contributed by atoms with Crippen LogP contribution in [-0.2, 0) is 9.53 Å². The zero-order valence-corrected chi connectivity index (χ0v) is 9.51. The molecule has 0 saturated carbocycles. The molecule has 0 spiro atoms. The summed E-state index contributed by atoms with van der Waals surface area (Å²) in [5.74, 6) is -1.94. The number of ether oxygens (including phenoxy) is 1. The van der Waals surface area contributed by atoms with E-state index in [1.807, 2.05) is 0 Å². The van der Waals surface area contributed by atoms with Crippen molar-refractivity contribution in [3.63, 3.8) is 0 Å². The van der Waals surface area contributed by atoms with E-state index in [-0.39, 0.29) is 10.0 Å². The summed E-state index contributed by atoms with van der Waals surface area (Å²) in [5, 5.41) is 0. The number of halogens is 2. The Morgan fingerprint density at radius 1 is 1.47 bits per heavy atom. The van der Waals surface area contributed by atoms with E-state index in [1.165, 1.54) is 25.3 Å². The fourth-order valence-corrected chi connectivity index (χ4v) is 1.38. The van der Waals surface area contributed by atoms with Crippen LogP contribution in [0, 0.1) is 5.82 Å². The maximum Gasteiger partial charge on any atom is 0.313 e. The maximum atomic E-state index is 13.4. The highest BCUT2D eigenvalue weighted by Gasteiger charge is 2.17. The highest BCUT2D eigenvalue weighted by molar-refractivity contribution is 9.10. The molecule has 0 unspecified atom stereocenters. The number of hydrogen-bond donors (Lipinski definition) is 0. The minimum atomic E-state index is -0.681. The summed E-state index contributed by atoms with van der Waals surface area (Å²) in [7, 11) is 1.17. The van der Waals surface area contributed by atoms with Crippen LogP contribution in [0.1, 0.15) is 16.8 Å². The van der Waals surface area contributed by atoms with Crippen molar-refractivity contribution < 1.29 is 18.7 Å². The first-order valence-electron chi connectivity index (χ1n) is 4.10. The predicted octanol–water partition coefficient (Wildman–Crippen LogP) is 2.33. The molecular formula is C10H8BrFO3. The van der Waals surface area contributed by atoms with Crippen molar-refractivity contribution in [3.05, 3.63) is 34.1 Å². The van der Waals surface area contributed by atoms with E-state index < -0.39 is 24.0 Å². The fraction of sp³-hybridized carbons (Fsp3) is 0.200. The Labute approximate surface area is 94.4 Å². The van der Waals surface area contributed by atoms with Crippen molar-refractivity contribution in [3.8, 4) is 0 Å². The Hall–Kier alpha value is -1.23. The Bertz CT molecular complexity index is 404. The Morgan fingerprint density at radius 3 is 2.73 bits per heavy atom. The molecule has 0 heterocycles. The molecule has 0 atom stereocenters. The molecule has 5 heteroatoms. The number of rotatable bonds is 3. The summed E-state index contributed by atoms with van der Waals surface area (Å²) in [6.07, 6.45) is -0.454. The first kappa shape index (κ1) is 11.8. The van der Waals surface area contributed by atoms with E-state index in [9.17, 15) is 14.0 Å². The topological polar surface area (TPSA) is 43.4 Å². The molecule has 0 saturated heterocycles. The first-order chi connectivity index (χ1) is 7.06. The van der Waals surface area contributed by atoms with E-state index in [0.717, 1.165) is 0 Å². The predicted molar refractivity (Wildman–Crippen MR) is 55.1 cm³/mol. The van der Waals surface area contributed by atoms with Crippen LogP contribution in [0.5, 0.6) is 0 Å². The van der Waals surface area contributed by atoms with Gasteiger partial charge in [-0.3, -0.25) is 9.59 Å². The number of methoxy groups -OCH3 is 1. The number of benzene rings is 1. The van der Waals surface area contributed by atoms with Crippen LogP contribution in [0.3, 0.4) is 0 Å². The third kappa shape index (κ3) is 2.86. The number of carbonyl (C=O) groups is 2. The molecule has 80 valence electrons. The molecule has 0 aliphatic rings. The Morgan fingerprint density at radius 2 is 2.13 bits per heavy atom. The van der Waals surface area contributed by atoms with Crippen LogP contribution in [0.2, 0.25) is 0 Å². The van der Waals surface area contributed by atoms with Crippen LogP contribution in [0.4, 0.5) is 4.39 Å². The van der Waals surface area contributed by atoms with Gasteiger partial charge in [-0.05, 0) is 28.1 Å². The van der Waals surface area contributed by atoms with Crippen molar-refractivity contribution in [2.24, 2.45) is 0 Å². The molecule has 0 fully saturated rings. The molecule has 0 N–H and O–H groups in total. The molecule has 0 aliphatic carbocycles. The molecule has 0 aromatic heterocycles. The van der Waals surface area contributed by atoms with E-state index in [1.54, 1.807) is 0 Å². The number of carbonyl (C=O) groups excluding carboxylic acids is 2. The smallest absolute Gasteiger partial charge is 0.313 e. The monoisotopic (exact) mass is 274 g/mol. The molecule has 0 radical (unpaired) electrons. The highest BCUT2D eigenvalue weighted by Crippen LogP contribution is 2.19. The van der Waals surface area contributed by atoms with Crippen molar-refractivity contribution in [2.45, 2.75) is 6.42 Å². The van der Waals surface area contributed by atoms with Crippen LogP contribution in [0.25, 0.3) is 0 Å². The van der Waals surface area contributed by atoms with Crippen molar-refractivity contribution in [1.29, 1.82) is 0 Å². The van der Waals surface area contributed by atoms with Gasteiger partial charge in [0.15, 0.2) is 5.78 Å². The van der Waals surface area contributed by atoms with E-state index in [2.05, 4.69) is 20.7 Å². The van der Waals surface area contributed by atoms with Crippen molar-refractivity contribution in [2.75, 3.05) is 7.11 Å². The number of esters is 1. The minimum absolute atomic E-state index is 0.116. The molecule has 1 aromatic carbocycles. The molecule has 3 nitrogen and oxygen atoms in total. The number of ketones is 1. The lowest BCUT2D eigenvalue weighted by atomic mass is 10.1. The van der Waals surface area contributed by atoms with E-state index >= 15 is 0 Å². The van der Waals surface area contributed by atoms with Gasteiger partial charge in [-0.15, -0.1) is 0 Å². The van der Waals surface area contributed by atoms with Gasteiger partial charge in [0.2, 0.25) is 0 Å². The van der Waals surface area contributed by atoms with Crippen molar-refractivity contribution >= 4 is 27.7 Å². The van der Waals surface area contributed by atoms with E-state index in [0.29, 0.717) is 0 Å². The summed E-state index contributed by atoms with van der Waals surface area (Å²) in [4.78, 5) is 22.2. The second-order valence-corrected chi connectivity index (χ2v) is 3.63. The van der Waals surface area contributed by atoms with Gasteiger partial charge in [0.1, 0.15) is 12.2 Å². The van der Waals surface area contributed by atoms with Gasteiger partial charge in [-0.2, -0.15) is 0 Å². The quantitative estimate of drug-likeness (QED) is 0.483. The van der Waals surface area contributed by atoms with Crippen LogP contribution in [-0.4, -0.2) is 18.9 Å². The number of hydrogen-bond acceptors (Lipinski definition) is 3. The lowest BCUT2D eigenvalue weighted by Gasteiger charge is -2.02. The zero-order chi connectivity index (χ0) is 11.4. The van der Waals surface area contributed by atoms with Crippen LogP contribution < -0.4 is 0 Å². The fourth-order valence-electron chi connectivity index (χ4n) is 1.02. The summed E-state index contributed by atoms with van der Waals surface area (Å²) in [6.45, 7) is 0. The van der Waals surface area contributed by atoms with Gasteiger partial charge in [-0.25, -0.2) is 4.39 Å². The first-order valence-corrected chi connectivity index (χ1v) is 4.89. The lowest BCUT2D eigenvalue weighted by Crippen LogP contribution is -2.11. The largest absolute Gasteiger partial charge is 0.469 e. The molecule has 15 heavy (non-hydrogen) atoms. The minimum Gasteiger partial charge on any atom is -0.469 e. The van der Waals surface area contributed by atoms with Crippen LogP contribution >= 0.6 is 15.9 Å². The summed E-state index contributed by atoms with van der Waals surface area (Å²) in [6, 6.07) is 4.33. The Kier molecular flexibility index (Phi) is 3.96. The third-order valence-electron chi connectivity index (χ3n) is 1.78. The van der Waals surface area contributed by atoms with Crippen molar-refractivity contribution in [1.82, 2.24) is 0 Å². The molecule has 1 rings (SSSR count). The molecule has 0 bridgehead atoms. The van der Waals surface area contributed by atoms with Gasteiger partial charge in [0.05, 0.1) is 17.1 Å². The standard InChI is InChI=1S/C10H8BrFO3/c1-15-9(14)5-8(13)6-3-2-4-7(11)10(6)12/h2-4H,5H2,1H3. The third-order valence-corrected chi connectivity index (χ3v) is 2.40. The average Bonchev–Trinajstić information content (AvgIpc) is 2.21. The summed E-state index contributed by atoms with van der Waals surface area (Å²) in [5.41, 5.74) is -0.116.